The number of carbonyl (C=O) groups is 2. The largest absolute Gasteiger partial charge is 0.353 e. The molecule has 0 spiro atoms. The van der Waals surface area contributed by atoms with Crippen LogP contribution >= 0.6 is 0 Å². The van der Waals surface area contributed by atoms with Crippen molar-refractivity contribution in [2.75, 3.05) is 13.1 Å². The summed E-state index contributed by atoms with van der Waals surface area (Å²) >= 11 is 0. The van der Waals surface area contributed by atoms with E-state index < -0.39 is 0 Å². The maximum Gasteiger partial charge on any atom is 0.239 e. The van der Waals surface area contributed by atoms with Crippen LogP contribution < -0.4 is 11.1 Å². The van der Waals surface area contributed by atoms with Crippen LogP contribution in [0.4, 0.5) is 0 Å². The minimum Gasteiger partial charge on any atom is -0.353 e. The summed E-state index contributed by atoms with van der Waals surface area (Å²) in [5.74, 6) is 0.539. The lowest BCUT2D eigenvalue weighted by Gasteiger charge is -2.34. The van der Waals surface area contributed by atoms with Crippen molar-refractivity contribution >= 4 is 11.8 Å². The Balaban J connectivity index is 1.70. The van der Waals surface area contributed by atoms with E-state index in [-0.39, 0.29) is 29.8 Å². The normalized spacial score (nSPS) is 21.6. The summed E-state index contributed by atoms with van der Waals surface area (Å²) in [5, 5.41) is 3.10. The molecule has 0 radical (unpaired) electrons. The van der Waals surface area contributed by atoms with Crippen molar-refractivity contribution < 1.29 is 9.59 Å². The fourth-order valence-electron chi connectivity index (χ4n) is 2.69. The summed E-state index contributed by atoms with van der Waals surface area (Å²) in [6.07, 6.45) is 6.62. The SMILES string of the molecule is CCCC[C@H](N)C(=O)N1CCC(NC(=O)C2CC2)CC1. The van der Waals surface area contributed by atoms with Crippen molar-refractivity contribution in [1.29, 1.82) is 0 Å². The Bertz CT molecular complexity index is 347. The Hall–Kier alpha value is -1.10. The van der Waals surface area contributed by atoms with Gasteiger partial charge in [-0.2, -0.15) is 0 Å². The molecule has 0 bridgehead atoms. The Morgan fingerprint density at radius 1 is 1.25 bits per heavy atom. The van der Waals surface area contributed by atoms with Crippen molar-refractivity contribution in [3.05, 3.63) is 0 Å². The summed E-state index contributed by atoms with van der Waals surface area (Å²) in [6.45, 7) is 3.54. The van der Waals surface area contributed by atoms with Crippen LogP contribution in [0.5, 0.6) is 0 Å². The minimum atomic E-state index is -0.354. The van der Waals surface area contributed by atoms with Gasteiger partial charge in [0.1, 0.15) is 0 Å². The van der Waals surface area contributed by atoms with Crippen LogP contribution in [0.3, 0.4) is 0 Å². The minimum absolute atomic E-state index is 0.0745. The number of hydrogen-bond donors (Lipinski definition) is 2. The molecule has 0 unspecified atom stereocenters. The van der Waals surface area contributed by atoms with Crippen molar-refractivity contribution in [2.45, 2.75) is 64.0 Å². The quantitative estimate of drug-likeness (QED) is 0.763. The number of nitrogens with one attached hydrogen (secondary N) is 1. The highest BCUT2D eigenvalue weighted by molar-refractivity contribution is 5.82. The molecule has 3 N–H and O–H groups in total. The van der Waals surface area contributed by atoms with E-state index in [1.807, 2.05) is 4.90 Å². The van der Waals surface area contributed by atoms with Gasteiger partial charge in [0.2, 0.25) is 11.8 Å². The number of likely N-dealkylation sites (tertiary alicyclic amines) is 1. The summed E-state index contributed by atoms with van der Waals surface area (Å²) in [4.78, 5) is 25.7. The van der Waals surface area contributed by atoms with Gasteiger partial charge in [-0.05, 0) is 32.1 Å². The molecular formula is C15H27N3O2. The van der Waals surface area contributed by atoms with Gasteiger partial charge in [-0.15, -0.1) is 0 Å². The molecular weight excluding hydrogens is 254 g/mol. The third-order valence-electron chi connectivity index (χ3n) is 4.29. The number of piperidine rings is 1. The van der Waals surface area contributed by atoms with Gasteiger partial charge in [0.25, 0.3) is 0 Å². The lowest BCUT2D eigenvalue weighted by Crippen LogP contribution is -2.51. The molecule has 0 aromatic rings. The van der Waals surface area contributed by atoms with Gasteiger partial charge in [0, 0.05) is 25.0 Å². The number of carbonyl (C=O) groups excluding carboxylic acids is 2. The monoisotopic (exact) mass is 281 g/mol. The molecule has 1 heterocycles. The zero-order chi connectivity index (χ0) is 14.5. The number of rotatable bonds is 6. The van der Waals surface area contributed by atoms with Crippen molar-refractivity contribution in [3.8, 4) is 0 Å². The first kappa shape index (κ1) is 15.3. The van der Waals surface area contributed by atoms with Crippen molar-refractivity contribution in [3.63, 3.8) is 0 Å². The highest BCUT2D eigenvalue weighted by Gasteiger charge is 2.32. The number of nitrogens with zero attached hydrogens (tertiary/aromatic N) is 1. The molecule has 2 fully saturated rings. The van der Waals surface area contributed by atoms with Gasteiger partial charge in [-0.1, -0.05) is 19.8 Å². The number of hydrogen-bond acceptors (Lipinski definition) is 3. The maximum absolute atomic E-state index is 12.2. The van der Waals surface area contributed by atoms with E-state index in [9.17, 15) is 9.59 Å². The molecule has 2 aliphatic rings. The molecule has 1 atom stereocenters. The molecule has 1 aliphatic heterocycles. The second-order valence-electron chi connectivity index (χ2n) is 6.13. The maximum atomic E-state index is 12.2. The zero-order valence-corrected chi connectivity index (χ0v) is 12.4. The average molecular weight is 281 g/mol. The van der Waals surface area contributed by atoms with Crippen LogP contribution in [0.15, 0.2) is 0 Å². The van der Waals surface area contributed by atoms with Gasteiger partial charge in [-0.25, -0.2) is 0 Å². The van der Waals surface area contributed by atoms with Crippen LogP contribution in [0.2, 0.25) is 0 Å². The summed E-state index contributed by atoms with van der Waals surface area (Å²) in [6, 6.07) is -0.119. The molecule has 1 aliphatic carbocycles. The standard InChI is InChI=1S/C15H27N3O2/c1-2-3-4-13(16)15(20)18-9-7-12(8-10-18)17-14(19)11-5-6-11/h11-13H,2-10,16H2,1H3,(H,17,19)/t13-/m0/s1. The van der Waals surface area contributed by atoms with Crippen LogP contribution in [-0.2, 0) is 9.59 Å². The Labute approximate surface area is 121 Å². The van der Waals surface area contributed by atoms with E-state index in [1.54, 1.807) is 0 Å². The van der Waals surface area contributed by atoms with Gasteiger partial charge >= 0.3 is 0 Å². The van der Waals surface area contributed by atoms with Crippen molar-refractivity contribution in [1.82, 2.24) is 10.2 Å². The van der Waals surface area contributed by atoms with Gasteiger partial charge in [0.05, 0.1) is 6.04 Å². The fraction of sp³-hybridized carbons (Fsp3) is 0.867. The zero-order valence-electron chi connectivity index (χ0n) is 12.4. The first-order valence-electron chi connectivity index (χ1n) is 7.96. The molecule has 0 aromatic heterocycles. The topological polar surface area (TPSA) is 75.4 Å². The first-order valence-corrected chi connectivity index (χ1v) is 7.96. The van der Waals surface area contributed by atoms with E-state index >= 15 is 0 Å². The smallest absolute Gasteiger partial charge is 0.239 e. The molecule has 2 rings (SSSR count). The summed E-state index contributed by atoms with van der Waals surface area (Å²) < 4.78 is 0. The first-order chi connectivity index (χ1) is 9.61. The van der Waals surface area contributed by atoms with Crippen molar-refractivity contribution in [2.24, 2.45) is 11.7 Å². The van der Waals surface area contributed by atoms with E-state index in [1.165, 1.54) is 0 Å². The van der Waals surface area contributed by atoms with Crippen LogP contribution in [0.1, 0.15) is 51.9 Å². The molecule has 5 nitrogen and oxygen atoms in total. The second-order valence-corrected chi connectivity index (χ2v) is 6.13. The van der Waals surface area contributed by atoms with Gasteiger partial charge in [0.15, 0.2) is 0 Å². The molecule has 114 valence electrons. The third kappa shape index (κ3) is 4.20. The Morgan fingerprint density at radius 3 is 2.45 bits per heavy atom. The van der Waals surface area contributed by atoms with Gasteiger partial charge in [-0.3, -0.25) is 9.59 Å². The lowest BCUT2D eigenvalue weighted by atomic mass is 10.0. The molecule has 5 heteroatoms. The number of nitrogens with two attached hydrogens (primary N) is 1. The molecule has 0 aromatic carbocycles. The highest BCUT2D eigenvalue weighted by atomic mass is 16.2. The summed E-state index contributed by atoms with van der Waals surface area (Å²) in [7, 11) is 0. The number of unbranched alkanes of at least 4 members (excludes halogenated alkanes) is 1. The van der Waals surface area contributed by atoms with E-state index in [2.05, 4.69) is 12.2 Å². The number of amides is 2. The second kappa shape index (κ2) is 7.07. The summed E-state index contributed by atoms with van der Waals surface area (Å²) in [5.41, 5.74) is 5.94. The van der Waals surface area contributed by atoms with E-state index in [0.29, 0.717) is 13.1 Å². The Morgan fingerprint density at radius 2 is 1.90 bits per heavy atom. The highest BCUT2D eigenvalue weighted by Crippen LogP contribution is 2.29. The fourth-order valence-corrected chi connectivity index (χ4v) is 2.69. The third-order valence-corrected chi connectivity index (χ3v) is 4.29. The van der Waals surface area contributed by atoms with E-state index in [0.717, 1.165) is 44.9 Å². The van der Waals surface area contributed by atoms with Crippen LogP contribution in [0.25, 0.3) is 0 Å². The lowest BCUT2D eigenvalue weighted by molar-refractivity contribution is -0.134. The Kier molecular flexibility index (Phi) is 5.40. The predicted octanol–water partition coefficient (Wildman–Crippen LogP) is 1.02. The van der Waals surface area contributed by atoms with Gasteiger partial charge < -0.3 is 16.0 Å². The average Bonchev–Trinajstić information content (AvgIpc) is 3.29. The molecule has 2 amide bonds. The molecule has 1 saturated heterocycles. The van der Waals surface area contributed by atoms with E-state index in [4.69, 9.17) is 5.73 Å². The van der Waals surface area contributed by atoms with Crippen LogP contribution in [-0.4, -0.2) is 41.9 Å². The van der Waals surface area contributed by atoms with Crippen LogP contribution in [0, 0.1) is 5.92 Å². The molecule has 20 heavy (non-hydrogen) atoms. The molecule has 1 saturated carbocycles. The predicted molar refractivity (Wildman–Crippen MR) is 78.0 cm³/mol.